The molecule has 0 spiro atoms. The molecule has 4 aromatic carbocycles. The van der Waals surface area contributed by atoms with Crippen molar-refractivity contribution in [2.24, 2.45) is 5.10 Å². The summed E-state index contributed by atoms with van der Waals surface area (Å²) in [5.74, 6) is -0.693. The maximum atomic E-state index is 13.7. The van der Waals surface area contributed by atoms with E-state index in [0.29, 0.717) is 29.4 Å². The molecule has 0 aliphatic carbocycles. The molecule has 4 aromatic rings. The van der Waals surface area contributed by atoms with E-state index in [9.17, 15) is 22.8 Å². The van der Waals surface area contributed by atoms with Gasteiger partial charge in [0, 0.05) is 24.1 Å². The van der Waals surface area contributed by atoms with Crippen molar-refractivity contribution in [2.75, 3.05) is 13.7 Å². The first-order valence-electron chi connectivity index (χ1n) is 15.1. The number of hydrogen-bond acceptors (Lipinski definition) is 5. The van der Waals surface area contributed by atoms with E-state index in [-0.39, 0.29) is 36.5 Å². The summed E-state index contributed by atoms with van der Waals surface area (Å²) in [6.45, 7) is 6.27. The molecule has 0 fully saturated rings. The maximum absolute atomic E-state index is 13.7. The third-order valence-corrected chi connectivity index (χ3v) is 8.40. The molecule has 1 unspecified atom stereocenters. The number of hydrazone groups is 1. The number of fused-ring (bicyclic) bond motifs is 1. The van der Waals surface area contributed by atoms with E-state index in [0.717, 1.165) is 34.0 Å². The maximum Gasteiger partial charge on any atom is 0.416 e. The van der Waals surface area contributed by atoms with Gasteiger partial charge in [-0.2, -0.15) is 18.3 Å². The Bertz CT molecular complexity index is 1780. The molecule has 10 heteroatoms. The number of carbonyl (C=O) groups is 2. The van der Waals surface area contributed by atoms with Crippen molar-refractivity contribution in [1.29, 1.82) is 0 Å². The van der Waals surface area contributed by atoms with Gasteiger partial charge in [-0.25, -0.2) is 0 Å². The van der Waals surface area contributed by atoms with Crippen molar-refractivity contribution in [2.45, 2.75) is 57.8 Å². The molecule has 1 amide bonds. The zero-order valence-electron chi connectivity index (χ0n) is 26.1. The standard InChI is InChI=1S/C36H36F3N3O4/c1-21(2)25-9-10-27-18-28(12-11-26(27)17-25)32-20-31(30-19-29(36(37,38)39)13-14-33(30)46-4)41-42(32)22(3)23-5-7-24(8-6-23)35(45)40-16-15-34(43)44/h5-14,17-19,21-22,32H,15-16,20H2,1-4H3,(H,40,45)(H,43,44)/t22-,32?/m0/s1. The summed E-state index contributed by atoms with van der Waals surface area (Å²) in [4.78, 5) is 23.3. The van der Waals surface area contributed by atoms with Crippen LogP contribution in [-0.4, -0.2) is 41.4 Å². The quantitative estimate of drug-likeness (QED) is 0.185. The van der Waals surface area contributed by atoms with Gasteiger partial charge in [-0.3, -0.25) is 14.6 Å². The van der Waals surface area contributed by atoms with Gasteiger partial charge in [-0.05, 0) is 76.7 Å². The van der Waals surface area contributed by atoms with E-state index in [4.69, 9.17) is 14.9 Å². The van der Waals surface area contributed by atoms with E-state index in [1.807, 2.05) is 18.0 Å². The van der Waals surface area contributed by atoms with Gasteiger partial charge >= 0.3 is 12.1 Å². The van der Waals surface area contributed by atoms with Crippen LogP contribution in [0.5, 0.6) is 5.75 Å². The number of amides is 1. The second kappa shape index (κ2) is 13.2. The van der Waals surface area contributed by atoms with Gasteiger partial charge < -0.3 is 15.2 Å². The molecule has 0 saturated heterocycles. The van der Waals surface area contributed by atoms with Crippen LogP contribution in [0.4, 0.5) is 13.2 Å². The highest BCUT2D eigenvalue weighted by Crippen LogP contribution is 2.42. The van der Waals surface area contributed by atoms with Gasteiger partial charge in [0.15, 0.2) is 0 Å². The summed E-state index contributed by atoms with van der Waals surface area (Å²) in [5, 5.41) is 20.4. The van der Waals surface area contributed by atoms with Gasteiger partial charge in [0.1, 0.15) is 5.75 Å². The lowest BCUT2D eigenvalue weighted by Gasteiger charge is -2.30. The van der Waals surface area contributed by atoms with Crippen LogP contribution in [0, 0.1) is 0 Å². The molecule has 0 saturated carbocycles. The van der Waals surface area contributed by atoms with Crippen LogP contribution in [0.3, 0.4) is 0 Å². The minimum absolute atomic E-state index is 0.0167. The van der Waals surface area contributed by atoms with E-state index >= 15 is 0 Å². The highest BCUT2D eigenvalue weighted by molar-refractivity contribution is 6.04. The molecule has 2 atom stereocenters. The summed E-state index contributed by atoms with van der Waals surface area (Å²) in [6, 6.07) is 22.3. The van der Waals surface area contributed by atoms with Crippen molar-refractivity contribution in [3.05, 3.63) is 112 Å². The van der Waals surface area contributed by atoms with E-state index in [2.05, 4.69) is 49.5 Å². The van der Waals surface area contributed by atoms with Crippen LogP contribution in [0.15, 0.2) is 84.0 Å². The van der Waals surface area contributed by atoms with Gasteiger partial charge in [0.05, 0.1) is 36.9 Å². The number of alkyl halides is 3. The topological polar surface area (TPSA) is 91.2 Å². The minimum Gasteiger partial charge on any atom is -0.496 e. The lowest BCUT2D eigenvalue weighted by Crippen LogP contribution is -2.26. The van der Waals surface area contributed by atoms with Crippen LogP contribution >= 0.6 is 0 Å². The Morgan fingerprint density at radius 3 is 2.28 bits per heavy atom. The number of methoxy groups -OCH3 is 1. The number of carboxylic acid groups (broad SMARTS) is 1. The van der Waals surface area contributed by atoms with Crippen LogP contribution in [0.1, 0.15) is 89.8 Å². The molecule has 0 radical (unpaired) electrons. The Labute approximate surface area is 265 Å². The molecule has 1 heterocycles. The molecular formula is C36H36F3N3O4. The summed E-state index contributed by atoms with van der Waals surface area (Å²) in [6.07, 6.45) is -4.36. The van der Waals surface area contributed by atoms with Gasteiger partial charge in [0.2, 0.25) is 0 Å². The van der Waals surface area contributed by atoms with Crippen LogP contribution in [0.25, 0.3) is 10.8 Å². The summed E-state index contributed by atoms with van der Waals surface area (Å²) < 4.78 is 46.7. The Balaban J connectivity index is 1.51. The number of hydrogen-bond donors (Lipinski definition) is 2. The Morgan fingerprint density at radius 1 is 0.957 bits per heavy atom. The number of carbonyl (C=O) groups excluding carboxylic acids is 1. The zero-order valence-corrected chi connectivity index (χ0v) is 26.1. The Hall–Kier alpha value is -4.86. The van der Waals surface area contributed by atoms with Gasteiger partial charge in [-0.15, -0.1) is 0 Å². The normalized spacial score (nSPS) is 15.6. The first-order valence-corrected chi connectivity index (χ1v) is 15.1. The summed E-state index contributed by atoms with van der Waals surface area (Å²) in [7, 11) is 1.42. The summed E-state index contributed by atoms with van der Waals surface area (Å²) in [5.41, 5.74) is 3.41. The van der Waals surface area contributed by atoms with Crippen LogP contribution < -0.4 is 10.1 Å². The number of carboxylic acids is 1. The number of rotatable bonds is 10. The van der Waals surface area contributed by atoms with Crippen molar-refractivity contribution < 1.29 is 32.6 Å². The van der Waals surface area contributed by atoms with E-state index < -0.39 is 17.7 Å². The Kier molecular flexibility index (Phi) is 9.37. The second-order valence-electron chi connectivity index (χ2n) is 11.8. The molecule has 0 bridgehead atoms. The number of nitrogens with zero attached hydrogens (tertiary/aromatic N) is 2. The van der Waals surface area contributed by atoms with Gasteiger partial charge in [-0.1, -0.05) is 56.3 Å². The molecule has 1 aliphatic heterocycles. The first kappa shape index (κ1) is 32.5. The second-order valence-corrected chi connectivity index (χ2v) is 11.8. The smallest absolute Gasteiger partial charge is 0.416 e. The Morgan fingerprint density at radius 2 is 1.63 bits per heavy atom. The van der Waals surface area contributed by atoms with Gasteiger partial charge in [0.25, 0.3) is 5.91 Å². The van der Waals surface area contributed by atoms with Crippen LogP contribution in [-0.2, 0) is 11.0 Å². The highest BCUT2D eigenvalue weighted by atomic mass is 19.4. The largest absolute Gasteiger partial charge is 0.496 e. The fraction of sp³-hybridized carbons (Fsp3) is 0.306. The molecule has 5 rings (SSSR count). The third-order valence-electron chi connectivity index (χ3n) is 8.40. The molecule has 2 N–H and O–H groups in total. The third kappa shape index (κ3) is 7.01. The van der Waals surface area contributed by atoms with Crippen molar-refractivity contribution >= 4 is 28.4 Å². The number of aliphatic carboxylic acids is 1. The molecular weight excluding hydrogens is 595 g/mol. The number of benzene rings is 4. The lowest BCUT2D eigenvalue weighted by molar-refractivity contribution is -0.138. The average Bonchev–Trinajstić information content (AvgIpc) is 3.48. The lowest BCUT2D eigenvalue weighted by atomic mass is 9.93. The van der Waals surface area contributed by atoms with Crippen molar-refractivity contribution in [3.63, 3.8) is 0 Å². The number of halogens is 3. The molecule has 0 aromatic heterocycles. The molecule has 1 aliphatic rings. The zero-order chi connectivity index (χ0) is 33.2. The number of ether oxygens (including phenoxy) is 1. The predicted molar refractivity (Wildman–Crippen MR) is 171 cm³/mol. The summed E-state index contributed by atoms with van der Waals surface area (Å²) >= 11 is 0. The highest BCUT2D eigenvalue weighted by Gasteiger charge is 2.36. The number of nitrogens with one attached hydrogen (secondary N) is 1. The van der Waals surface area contributed by atoms with E-state index in [1.165, 1.54) is 18.7 Å². The fourth-order valence-corrected chi connectivity index (χ4v) is 5.73. The molecule has 7 nitrogen and oxygen atoms in total. The average molecular weight is 632 g/mol. The molecule has 240 valence electrons. The molecule has 46 heavy (non-hydrogen) atoms. The van der Waals surface area contributed by atoms with Crippen molar-refractivity contribution in [3.8, 4) is 5.75 Å². The monoisotopic (exact) mass is 631 g/mol. The first-order chi connectivity index (χ1) is 21.8. The van der Waals surface area contributed by atoms with Crippen molar-refractivity contribution in [1.82, 2.24) is 10.3 Å². The predicted octanol–water partition coefficient (Wildman–Crippen LogP) is 8.11. The fourth-order valence-electron chi connectivity index (χ4n) is 5.73. The minimum atomic E-state index is -4.53. The van der Waals surface area contributed by atoms with E-state index in [1.54, 1.807) is 24.3 Å². The SMILES string of the molecule is COc1ccc(C(F)(F)F)cc1C1=NN([C@@H](C)c2ccc(C(=O)NCCC(=O)O)cc2)C(c2ccc3cc(C(C)C)ccc3c2)C1. The van der Waals surface area contributed by atoms with Crippen LogP contribution in [0.2, 0.25) is 0 Å².